The smallest absolute Gasteiger partial charge is 0.267 e. The first kappa shape index (κ1) is 20.4. The van der Waals surface area contributed by atoms with Gasteiger partial charge >= 0.3 is 0 Å². The zero-order valence-electron chi connectivity index (χ0n) is 15.9. The van der Waals surface area contributed by atoms with Gasteiger partial charge in [-0.15, -0.1) is 0 Å². The molecule has 29 heavy (non-hydrogen) atoms. The van der Waals surface area contributed by atoms with Crippen LogP contribution in [0.2, 0.25) is 5.02 Å². The van der Waals surface area contributed by atoms with Crippen LogP contribution in [0.3, 0.4) is 0 Å². The number of ketones is 1. The van der Waals surface area contributed by atoms with Crippen molar-refractivity contribution >= 4 is 29.0 Å². The van der Waals surface area contributed by atoms with Crippen molar-refractivity contribution in [3.05, 3.63) is 93.4 Å². The third-order valence-corrected chi connectivity index (χ3v) is 4.43. The number of benzene rings is 2. The lowest BCUT2D eigenvalue weighted by molar-refractivity contribution is -0.128. The Morgan fingerprint density at radius 1 is 0.966 bits per heavy atom. The van der Waals surface area contributed by atoms with Gasteiger partial charge in [0.15, 0.2) is 11.4 Å². The predicted molar refractivity (Wildman–Crippen MR) is 112 cm³/mol. The van der Waals surface area contributed by atoms with Gasteiger partial charge in [0.25, 0.3) is 5.91 Å². The SMILES string of the molecule is CC(C)(Oc1ccc(C(=O)c2ccc(Cl)cc2)cc1)C(=O)Nc1cc[nH]c(=O)c1. The van der Waals surface area contributed by atoms with E-state index in [1.807, 2.05) is 0 Å². The highest BCUT2D eigenvalue weighted by molar-refractivity contribution is 6.30. The minimum absolute atomic E-state index is 0.139. The number of pyridine rings is 1. The van der Waals surface area contributed by atoms with Crippen LogP contribution in [-0.2, 0) is 4.79 Å². The van der Waals surface area contributed by atoms with Crippen molar-refractivity contribution < 1.29 is 14.3 Å². The zero-order chi connectivity index (χ0) is 21.0. The van der Waals surface area contributed by atoms with Gasteiger partial charge in [-0.3, -0.25) is 14.4 Å². The van der Waals surface area contributed by atoms with Gasteiger partial charge in [0.05, 0.1) is 0 Å². The first-order valence-electron chi connectivity index (χ1n) is 8.84. The highest BCUT2D eigenvalue weighted by Gasteiger charge is 2.30. The summed E-state index contributed by atoms with van der Waals surface area (Å²) in [7, 11) is 0. The monoisotopic (exact) mass is 410 g/mol. The fraction of sp³-hybridized carbons (Fsp3) is 0.136. The Balaban J connectivity index is 1.69. The molecule has 0 spiro atoms. The Hall–Kier alpha value is -3.38. The average Bonchev–Trinajstić information content (AvgIpc) is 2.68. The molecule has 7 heteroatoms. The van der Waals surface area contributed by atoms with Crippen LogP contribution in [0.5, 0.6) is 5.75 Å². The predicted octanol–water partition coefficient (Wildman–Crippen LogP) is 4.06. The van der Waals surface area contributed by atoms with E-state index in [4.69, 9.17) is 16.3 Å². The maximum absolute atomic E-state index is 12.5. The van der Waals surface area contributed by atoms with Crippen molar-refractivity contribution in [1.29, 1.82) is 0 Å². The van der Waals surface area contributed by atoms with Crippen LogP contribution in [0, 0.1) is 0 Å². The molecule has 6 nitrogen and oxygen atoms in total. The molecule has 0 atom stereocenters. The zero-order valence-corrected chi connectivity index (χ0v) is 16.6. The van der Waals surface area contributed by atoms with Gasteiger partial charge in [0.2, 0.25) is 5.56 Å². The summed E-state index contributed by atoms with van der Waals surface area (Å²) in [5.41, 5.74) is -0.127. The van der Waals surface area contributed by atoms with Crippen LogP contribution in [0.1, 0.15) is 29.8 Å². The number of halogens is 1. The standard InChI is InChI=1S/C22H19ClN2O4/c1-22(2,21(28)25-17-11-12-24-19(26)13-17)29-18-9-5-15(6-10-18)20(27)14-3-7-16(23)8-4-14/h3-13H,1-2H3,(H2,24,25,26,28). The topological polar surface area (TPSA) is 88.3 Å². The fourth-order valence-electron chi connectivity index (χ4n) is 2.59. The summed E-state index contributed by atoms with van der Waals surface area (Å²) in [6, 6.07) is 16.0. The first-order chi connectivity index (χ1) is 13.7. The van der Waals surface area contributed by atoms with Crippen LogP contribution in [0.15, 0.2) is 71.7 Å². The highest BCUT2D eigenvalue weighted by atomic mass is 35.5. The maximum Gasteiger partial charge on any atom is 0.267 e. The number of H-pyrrole nitrogens is 1. The molecule has 2 N–H and O–H groups in total. The molecule has 0 aliphatic carbocycles. The Labute approximate surface area is 172 Å². The molecule has 0 radical (unpaired) electrons. The summed E-state index contributed by atoms with van der Waals surface area (Å²) in [6.07, 6.45) is 1.45. The molecule has 1 heterocycles. The Morgan fingerprint density at radius 2 is 1.55 bits per heavy atom. The van der Waals surface area contributed by atoms with Gasteiger partial charge in [-0.2, -0.15) is 0 Å². The average molecular weight is 411 g/mol. The lowest BCUT2D eigenvalue weighted by Gasteiger charge is -2.25. The molecule has 0 bridgehead atoms. The summed E-state index contributed by atoms with van der Waals surface area (Å²) < 4.78 is 5.80. The van der Waals surface area contributed by atoms with E-state index in [2.05, 4.69) is 10.3 Å². The molecule has 0 aliphatic rings. The van der Waals surface area contributed by atoms with E-state index in [1.165, 1.54) is 12.3 Å². The van der Waals surface area contributed by atoms with Crippen molar-refractivity contribution in [2.75, 3.05) is 5.32 Å². The second kappa shape index (κ2) is 8.32. The van der Waals surface area contributed by atoms with Gasteiger partial charge in [-0.25, -0.2) is 0 Å². The maximum atomic E-state index is 12.5. The largest absolute Gasteiger partial charge is 0.478 e. The summed E-state index contributed by atoms with van der Waals surface area (Å²) >= 11 is 5.85. The highest BCUT2D eigenvalue weighted by Crippen LogP contribution is 2.22. The number of hydrogen-bond donors (Lipinski definition) is 2. The van der Waals surface area contributed by atoms with E-state index in [1.54, 1.807) is 68.4 Å². The quantitative estimate of drug-likeness (QED) is 0.600. The molecule has 0 saturated carbocycles. The second-order valence-electron chi connectivity index (χ2n) is 6.87. The van der Waals surface area contributed by atoms with Crippen molar-refractivity contribution in [1.82, 2.24) is 4.98 Å². The van der Waals surface area contributed by atoms with E-state index in [-0.39, 0.29) is 11.3 Å². The summed E-state index contributed by atoms with van der Waals surface area (Å²) in [5.74, 6) is -0.118. The summed E-state index contributed by atoms with van der Waals surface area (Å²) in [4.78, 5) is 38.9. The van der Waals surface area contributed by atoms with Crippen LogP contribution in [-0.4, -0.2) is 22.3 Å². The molecule has 3 rings (SSSR count). The number of carbonyl (C=O) groups is 2. The Kier molecular flexibility index (Phi) is 5.84. The molecular weight excluding hydrogens is 392 g/mol. The van der Waals surface area contributed by atoms with Crippen LogP contribution < -0.4 is 15.6 Å². The van der Waals surface area contributed by atoms with Gasteiger partial charge < -0.3 is 15.0 Å². The van der Waals surface area contributed by atoms with E-state index in [0.29, 0.717) is 27.6 Å². The van der Waals surface area contributed by atoms with Gasteiger partial charge in [-0.1, -0.05) is 11.6 Å². The third-order valence-electron chi connectivity index (χ3n) is 4.18. The molecule has 2 aromatic carbocycles. The van der Waals surface area contributed by atoms with E-state index >= 15 is 0 Å². The number of carbonyl (C=O) groups excluding carboxylic acids is 2. The number of ether oxygens (including phenoxy) is 1. The molecule has 3 aromatic rings. The van der Waals surface area contributed by atoms with Crippen LogP contribution in [0.4, 0.5) is 5.69 Å². The number of amides is 1. The molecule has 0 fully saturated rings. The number of nitrogens with one attached hydrogen (secondary N) is 2. The van der Waals surface area contributed by atoms with Crippen molar-refractivity contribution in [2.45, 2.75) is 19.4 Å². The van der Waals surface area contributed by atoms with E-state index in [9.17, 15) is 14.4 Å². The lowest BCUT2D eigenvalue weighted by Crippen LogP contribution is -2.42. The second-order valence-corrected chi connectivity index (χ2v) is 7.30. The molecular formula is C22H19ClN2O4. The van der Waals surface area contributed by atoms with Crippen molar-refractivity contribution in [3.8, 4) is 5.75 Å². The molecule has 1 amide bonds. The molecule has 1 aromatic heterocycles. The van der Waals surface area contributed by atoms with Gasteiger partial charge in [0, 0.05) is 34.1 Å². The van der Waals surface area contributed by atoms with Gasteiger partial charge in [0.1, 0.15) is 5.75 Å². The third kappa shape index (κ3) is 5.12. The van der Waals surface area contributed by atoms with Crippen molar-refractivity contribution in [3.63, 3.8) is 0 Å². The summed E-state index contributed by atoms with van der Waals surface area (Å²) in [6.45, 7) is 3.23. The number of aromatic nitrogens is 1. The first-order valence-corrected chi connectivity index (χ1v) is 9.22. The number of rotatable bonds is 6. The summed E-state index contributed by atoms with van der Waals surface area (Å²) in [5, 5.41) is 3.21. The Bertz CT molecular complexity index is 1090. The van der Waals surface area contributed by atoms with Gasteiger partial charge in [-0.05, 0) is 68.4 Å². The van der Waals surface area contributed by atoms with E-state index < -0.39 is 11.5 Å². The molecule has 148 valence electrons. The van der Waals surface area contributed by atoms with Crippen LogP contribution in [0.25, 0.3) is 0 Å². The lowest BCUT2D eigenvalue weighted by atomic mass is 10.0. The fourth-order valence-corrected chi connectivity index (χ4v) is 2.71. The number of aromatic amines is 1. The Morgan fingerprint density at radius 3 is 2.14 bits per heavy atom. The molecule has 0 aliphatic heterocycles. The minimum Gasteiger partial charge on any atom is -0.478 e. The van der Waals surface area contributed by atoms with Crippen LogP contribution >= 0.6 is 11.6 Å². The number of hydrogen-bond acceptors (Lipinski definition) is 4. The minimum atomic E-state index is -1.20. The number of anilines is 1. The van der Waals surface area contributed by atoms with E-state index in [0.717, 1.165) is 0 Å². The normalized spacial score (nSPS) is 11.0. The van der Waals surface area contributed by atoms with Crippen molar-refractivity contribution in [2.24, 2.45) is 0 Å². The molecule has 0 unspecified atom stereocenters. The molecule has 0 saturated heterocycles.